The van der Waals surface area contributed by atoms with Crippen LogP contribution < -0.4 is 11.1 Å². The van der Waals surface area contributed by atoms with Crippen LogP contribution in [-0.4, -0.2) is 29.2 Å². The number of hydrogen-bond acceptors (Lipinski definition) is 3. The Morgan fingerprint density at radius 1 is 1.53 bits per heavy atom. The maximum atomic E-state index is 11.6. The van der Waals surface area contributed by atoms with Crippen molar-refractivity contribution in [2.45, 2.75) is 57.0 Å². The van der Waals surface area contributed by atoms with Gasteiger partial charge in [-0.25, -0.2) is 0 Å². The van der Waals surface area contributed by atoms with Crippen molar-refractivity contribution in [1.29, 1.82) is 0 Å². The van der Waals surface area contributed by atoms with E-state index in [1.807, 2.05) is 6.92 Å². The summed E-state index contributed by atoms with van der Waals surface area (Å²) < 4.78 is 0. The quantitative estimate of drug-likeness (QED) is 0.625. The molecule has 1 saturated carbocycles. The second-order valence-electron chi connectivity index (χ2n) is 4.57. The molecule has 0 saturated heterocycles. The fourth-order valence-electron chi connectivity index (χ4n) is 2.10. The van der Waals surface area contributed by atoms with Gasteiger partial charge in [-0.2, -0.15) is 0 Å². The molecule has 1 atom stereocenters. The molecule has 1 aliphatic rings. The van der Waals surface area contributed by atoms with Crippen LogP contribution in [0.4, 0.5) is 0 Å². The number of hydrogen-bond donors (Lipinski definition) is 3. The predicted molar refractivity (Wildman–Crippen MR) is 59.3 cm³/mol. The van der Waals surface area contributed by atoms with E-state index in [2.05, 4.69) is 5.32 Å². The fraction of sp³-hybridized carbons (Fsp3) is 0.909. The third-order valence-electron chi connectivity index (χ3n) is 3.24. The number of carbonyl (C=O) groups excluding carboxylic acids is 1. The summed E-state index contributed by atoms with van der Waals surface area (Å²) >= 11 is 0. The minimum Gasteiger partial charge on any atom is -0.394 e. The summed E-state index contributed by atoms with van der Waals surface area (Å²) in [5.41, 5.74) is 5.35. The second kappa shape index (κ2) is 5.47. The minimum atomic E-state index is -0.357. The Kier molecular flexibility index (Phi) is 4.54. The van der Waals surface area contributed by atoms with Gasteiger partial charge in [-0.15, -0.1) is 0 Å². The van der Waals surface area contributed by atoms with Crippen LogP contribution in [0.5, 0.6) is 0 Å². The molecule has 4 heteroatoms. The van der Waals surface area contributed by atoms with E-state index in [0.717, 1.165) is 32.1 Å². The van der Waals surface area contributed by atoms with E-state index in [-0.39, 0.29) is 24.1 Å². The summed E-state index contributed by atoms with van der Waals surface area (Å²) in [7, 11) is 0. The van der Waals surface area contributed by atoms with Gasteiger partial charge in [0.15, 0.2) is 0 Å². The van der Waals surface area contributed by atoms with Crippen LogP contribution in [0.1, 0.15) is 45.4 Å². The Morgan fingerprint density at radius 3 is 2.60 bits per heavy atom. The van der Waals surface area contributed by atoms with E-state index in [1.165, 1.54) is 0 Å². The highest BCUT2D eigenvalue weighted by Crippen LogP contribution is 2.29. The Bertz CT molecular complexity index is 213. The first kappa shape index (κ1) is 12.5. The van der Waals surface area contributed by atoms with Gasteiger partial charge in [-0.05, 0) is 19.3 Å². The Morgan fingerprint density at radius 2 is 2.13 bits per heavy atom. The summed E-state index contributed by atoms with van der Waals surface area (Å²) in [6, 6.07) is -0.0675. The van der Waals surface area contributed by atoms with Crippen molar-refractivity contribution in [3.8, 4) is 0 Å². The number of amides is 1. The normalized spacial score (nSPS) is 21.3. The molecule has 0 bridgehead atoms. The van der Waals surface area contributed by atoms with E-state index in [4.69, 9.17) is 5.73 Å². The topological polar surface area (TPSA) is 75.4 Å². The van der Waals surface area contributed by atoms with Crippen molar-refractivity contribution >= 4 is 5.91 Å². The van der Waals surface area contributed by atoms with E-state index >= 15 is 0 Å². The van der Waals surface area contributed by atoms with Gasteiger partial charge < -0.3 is 16.2 Å². The molecule has 4 N–H and O–H groups in total. The van der Waals surface area contributed by atoms with Gasteiger partial charge in [0.1, 0.15) is 0 Å². The Labute approximate surface area is 91.2 Å². The van der Waals surface area contributed by atoms with E-state index in [1.54, 1.807) is 0 Å². The van der Waals surface area contributed by atoms with Crippen LogP contribution in [0.2, 0.25) is 0 Å². The molecule has 15 heavy (non-hydrogen) atoms. The van der Waals surface area contributed by atoms with Gasteiger partial charge in [0, 0.05) is 12.5 Å². The third kappa shape index (κ3) is 3.47. The number of aliphatic hydroxyl groups excluding tert-OH is 1. The molecule has 0 aromatic carbocycles. The highest BCUT2D eigenvalue weighted by Gasteiger charge is 2.34. The summed E-state index contributed by atoms with van der Waals surface area (Å²) in [4.78, 5) is 11.6. The molecule has 1 rings (SSSR count). The Hall–Kier alpha value is -0.610. The predicted octanol–water partition coefficient (Wildman–Crippen LogP) is 0.535. The van der Waals surface area contributed by atoms with Crippen LogP contribution in [0.3, 0.4) is 0 Å². The van der Waals surface area contributed by atoms with Crippen molar-refractivity contribution < 1.29 is 9.90 Å². The van der Waals surface area contributed by atoms with Crippen LogP contribution in [-0.2, 0) is 4.79 Å². The summed E-state index contributed by atoms with van der Waals surface area (Å²) in [6.45, 7) is 2.01. The second-order valence-corrected chi connectivity index (χ2v) is 4.57. The zero-order chi connectivity index (χ0) is 11.3. The lowest BCUT2D eigenvalue weighted by Gasteiger charge is -2.28. The summed E-state index contributed by atoms with van der Waals surface area (Å²) in [5.74, 6) is -0.0275. The number of rotatable bonds is 5. The number of nitrogens with one attached hydrogen (secondary N) is 1. The molecule has 1 fully saturated rings. The van der Waals surface area contributed by atoms with E-state index in [0.29, 0.717) is 6.42 Å². The first-order valence-corrected chi connectivity index (χ1v) is 5.79. The summed E-state index contributed by atoms with van der Waals surface area (Å²) in [6.07, 6.45) is 5.10. The number of aliphatic hydroxyl groups is 1. The largest absolute Gasteiger partial charge is 0.394 e. The summed E-state index contributed by atoms with van der Waals surface area (Å²) in [5, 5.41) is 12.2. The van der Waals surface area contributed by atoms with Crippen molar-refractivity contribution in [1.82, 2.24) is 5.32 Å². The monoisotopic (exact) mass is 214 g/mol. The maximum absolute atomic E-state index is 11.6. The van der Waals surface area contributed by atoms with Gasteiger partial charge in [-0.3, -0.25) is 4.79 Å². The van der Waals surface area contributed by atoms with Crippen LogP contribution in [0, 0.1) is 0 Å². The molecule has 88 valence electrons. The standard InChI is InChI=1S/C11H22N2O2/c1-2-9(12)7-10(15)13-11(8-14)5-3-4-6-11/h9,14H,2-8,12H2,1H3,(H,13,15). The molecular weight excluding hydrogens is 192 g/mol. The average Bonchev–Trinajstić information content (AvgIpc) is 2.66. The molecule has 0 heterocycles. The molecule has 0 radical (unpaired) electrons. The van der Waals surface area contributed by atoms with Gasteiger partial charge in [0.2, 0.25) is 5.91 Å². The van der Waals surface area contributed by atoms with Crippen molar-refractivity contribution in [2.24, 2.45) is 5.73 Å². The van der Waals surface area contributed by atoms with Crippen molar-refractivity contribution in [2.75, 3.05) is 6.61 Å². The maximum Gasteiger partial charge on any atom is 0.222 e. The lowest BCUT2D eigenvalue weighted by atomic mass is 9.98. The minimum absolute atomic E-state index is 0.0275. The molecule has 0 spiro atoms. The van der Waals surface area contributed by atoms with E-state index < -0.39 is 0 Å². The first-order valence-electron chi connectivity index (χ1n) is 5.79. The van der Waals surface area contributed by atoms with Crippen LogP contribution >= 0.6 is 0 Å². The molecule has 4 nitrogen and oxygen atoms in total. The van der Waals surface area contributed by atoms with Gasteiger partial charge in [0.05, 0.1) is 12.1 Å². The first-order chi connectivity index (χ1) is 7.12. The van der Waals surface area contributed by atoms with Gasteiger partial charge >= 0.3 is 0 Å². The molecule has 1 aliphatic carbocycles. The SMILES string of the molecule is CCC(N)CC(=O)NC1(CO)CCCC1. The van der Waals surface area contributed by atoms with E-state index in [9.17, 15) is 9.90 Å². The van der Waals surface area contributed by atoms with Crippen LogP contribution in [0.15, 0.2) is 0 Å². The smallest absolute Gasteiger partial charge is 0.222 e. The highest BCUT2D eigenvalue weighted by molar-refractivity contribution is 5.77. The Balaban J connectivity index is 2.41. The van der Waals surface area contributed by atoms with Crippen molar-refractivity contribution in [3.05, 3.63) is 0 Å². The molecule has 1 unspecified atom stereocenters. The molecule has 0 aromatic heterocycles. The molecule has 0 aromatic rings. The van der Waals surface area contributed by atoms with Crippen LogP contribution in [0.25, 0.3) is 0 Å². The number of nitrogens with two attached hydrogens (primary N) is 1. The van der Waals surface area contributed by atoms with Gasteiger partial charge in [0.25, 0.3) is 0 Å². The molecular formula is C11H22N2O2. The molecule has 1 amide bonds. The van der Waals surface area contributed by atoms with Gasteiger partial charge in [-0.1, -0.05) is 19.8 Å². The molecule has 0 aliphatic heterocycles. The fourth-order valence-corrected chi connectivity index (χ4v) is 2.10. The third-order valence-corrected chi connectivity index (χ3v) is 3.24. The lowest BCUT2D eigenvalue weighted by molar-refractivity contribution is -0.123. The number of carbonyl (C=O) groups is 1. The van der Waals surface area contributed by atoms with Crippen molar-refractivity contribution in [3.63, 3.8) is 0 Å². The highest BCUT2D eigenvalue weighted by atomic mass is 16.3. The zero-order valence-corrected chi connectivity index (χ0v) is 9.46. The lowest BCUT2D eigenvalue weighted by Crippen LogP contribution is -2.50. The zero-order valence-electron chi connectivity index (χ0n) is 9.46. The average molecular weight is 214 g/mol.